The first-order valence-electron chi connectivity index (χ1n) is 7.97. The van der Waals surface area contributed by atoms with Crippen LogP contribution in [0.2, 0.25) is 0 Å². The lowest BCUT2D eigenvalue weighted by Gasteiger charge is -2.22. The molecule has 8 nitrogen and oxygen atoms in total. The molecule has 1 aromatic heterocycles. The van der Waals surface area contributed by atoms with Gasteiger partial charge >= 0.3 is 0 Å². The quantitative estimate of drug-likeness (QED) is 0.840. The van der Waals surface area contributed by atoms with E-state index in [1.807, 2.05) is 0 Å². The summed E-state index contributed by atoms with van der Waals surface area (Å²) in [5.41, 5.74) is -0.147. The molecule has 1 fully saturated rings. The highest BCUT2D eigenvalue weighted by atomic mass is 32.2. The Morgan fingerprint density at radius 1 is 1.27 bits per heavy atom. The number of carbonyl (C=O) groups excluding carboxylic acids is 1. The van der Waals surface area contributed by atoms with E-state index in [1.54, 1.807) is 32.2 Å². The molecule has 140 valence electrons. The summed E-state index contributed by atoms with van der Waals surface area (Å²) in [5.74, 6) is 0.987. The largest absolute Gasteiger partial charge is 0.497 e. The topological polar surface area (TPSA) is 108 Å². The average molecular weight is 380 g/mol. The maximum atomic E-state index is 12.5. The Kier molecular flexibility index (Phi) is 4.66. The van der Waals surface area contributed by atoms with Crippen molar-refractivity contribution in [3.8, 4) is 22.8 Å². The minimum Gasteiger partial charge on any atom is -0.497 e. The number of hydrogen-bond acceptors (Lipinski definition) is 7. The summed E-state index contributed by atoms with van der Waals surface area (Å²) in [7, 11) is -0.0579. The molecule has 2 aromatic rings. The smallest absolute Gasteiger partial charge is 0.273 e. The van der Waals surface area contributed by atoms with Crippen LogP contribution in [0.5, 0.6) is 11.5 Å². The van der Waals surface area contributed by atoms with Gasteiger partial charge in [0.2, 0.25) is 0 Å². The van der Waals surface area contributed by atoms with Crippen molar-refractivity contribution in [2.75, 3.05) is 25.7 Å². The van der Waals surface area contributed by atoms with Gasteiger partial charge in [0, 0.05) is 6.07 Å². The number of amides is 1. The van der Waals surface area contributed by atoms with E-state index in [9.17, 15) is 13.2 Å². The Bertz CT molecular complexity index is 936. The van der Waals surface area contributed by atoms with Gasteiger partial charge in [-0.3, -0.25) is 4.79 Å². The van der Waals surface area contributed by atoms with Crippen molar-refractivity contribution in [1.29, 1.82) is 0 Å². The molecule has 0 bridgehead atoms. The summed E-state index contributed by atoms with van der Waals surface area (Å²) in [5, 5.41) is 6.55. The lowest BCUT2D eigenvalue weighted by Crippen LogP contribution is -2.47. The fourth-order valence-electron chi connectivity index (χ4n) is 2.96. The number of carbonyl (C=O) groups is 1. The van der Waals surface area contributed by atoms with Crippen LogP contribution in [0.25, 0.3) is 11.3 Å². The molecule has 1 aromatic carbocycles. The predicted molar refractivity (Wildman–Crippen MR) is 94.2 cm³/mol. The Morgan fingerprint density at radius 2 is 2.04 bits per heavy atom. The Labute approximate surface area is 151 Å². The second-order valence-corrected chi connectivity index (χ2v) is 8.68. The molecule has 9 heteroatoms. The van der Waals surface area contributed by atoms with Crippen molar-refractivity contribution < 1.29 is 27.2 Å². The number of methoxy groups -OCH3 is 2. The van der Waals surface area contributed by atoms with Crippen LogP contribution in [0.15, 0.2) is 28.8 Å². The van der Waals surface area contributed by atoms with E-state index in [0.717, 1.165) is 0 Å². The molecular weight excluding hydrogens is 360 g/mol. The zero-order chi connectivity index (χ0) is 18.9. The number of hydrogen-bond donors (Lipinski definition) is 1. The van der Waals surface area contributed by atoms with Gasteiger partial charge in [0.05, 0.1) is 36.8 Å². The molecule has 0 radical (unpaired) electrons. The van der Waals surface area contributed by atoms with Crippen LogP contribution in [0.4, 0.5) is 0 Å². The minimum absolute atomic E-state index is 0.0643. The Morgan fingerprint density at radius 3 is 2.65 bits per heavy atom. The van der Waals surface area contributed by atoms with Crippen LogP contribution in [-0.2, 0) is 9.84 Å². The normalized spacial score (nSPS) is 21.3. The number of aromatic nitrogens is 1. The molecule has 0 saturated carbocycles. The van der Waals surface area contributed by atoms with E-state index in [4.69, 9.17) is 14.0 Å². The SMILES string of the molecule is COc1ccc(OC)c(-c2cc(C(=O)NC3(C)CCS(=O)(=O)C3)no2)c1. The van der Waals surface area contributed by atoms with Crippen LogP contribution >= 0.6 is 0 Å². The van der Waals surface area contributed by atoms with Crippen molar-refractivity contribution in [3.63, 3.8) is 0 Å². The first kappa shape index (κ1) is 18.2. The summed E-state index contributed by atoms with van der Waals surface area (Å²) >= 11 is 0. The lowest BCUT2D eigenvalue weighted by atomic mass is 10.0. The minimum atomic E-state index is -3.13. The third-order valence-corrected chi connectivity index (χ3v) is 6.24. The highest BCUT2D eigenvalue weighted by Gasteiger charge is 2.40. The highest BCUT2D eigenvalue weighted by molar-refractivity contribution is 7.91. The summed E-state index contributed by atoms with van der Waals surface area (Å²) in [6, 6.07) is 6.67. The fourth-order valence-corrected chi connectivity index (χ4v) is 5.06. The highest BCUT2D eigenvalue weighted by Crippen LogP contribution is 2.34. The van der Waals surface area contributed by atoms with E-state index in [2.05, 4.69) is 10.5 Å². The molecule has 2 heterocycles. The van der Waals surface area contributed by atoms with E-state index >= 15 is 0 Å². The molecule has 26 heavy (non-hydrogen) atoms. The Hall–Kier alpha value is -2.55. The number of benzene rings is 1. The zero-order valence-electron chi connectivity index (χ0n) is 14.7. The molecule has 1 N–H and O–H groups in total. The van der Waals surface area contributed by atoms with Gasteiger partial charge in [0.15, 0.2) is 21.3 Å². The molecule has 1 amide bonds. The molecule has 0 aliphatic carbocycles. The van der Waals surface area contributed by atoms with Crippen molar-refractivity contribution in [2.45, 2.75) is 18.9 Å². The summed E-state index contributed by atoms with van der Waals surface area (Å²) < 4.78 is 39.1. The maximum Gasteiger partial charge on any atom is 0.273 e. The number of rotatable bonds is 5. The molecular formula is C17H20N2O6S. The first-order chi connectivity index (χ1) is 12.3. The lowest BCUT2D eigenvalue weighted by molar-refractivity contribution is 0.0906. The zero-order valence-corrected chi connectivity index (χ0v) is 15.6. The predicted octanol–water partition coefficient (Wildman–Crippen LogP) is 1.67. The first-order valence-corrected chi connectivity index (χ1v) is 9.79. The summed E-state index contributed by atoms with van der Waals surface area (Å²) in [4.78, 5) is 12.5. The molecule has 1 unspecified atom stereocenters. The van der Waals surface area contributed by atoms with Crippen LogP contribution in [-0.4, -0.2) is 50.7 Å². The average Bonchev–Trinajstić information content (AvgIpc) is 3.19. The van der Waals surface area contributed by atoms with Gasteiger partial charge < -0.3 is 19.3 Å². The summed E-state index contributed by atoms with van der Waals surface area (Å²) in [6.45, 7) is 1.71. The van der Waals surface area contributed by atoms with Gasteiger partial charge in [-0.1, -0.05) is 5.16 Å². The molecule has 1 atom stereocenters. The van der Waals surface area contributed by atoms with E-state index < -0.39 is 21.3 Å². The second kappa shape index (κ2) is 6.64. The molecule has 1 saturated heterocycles. The monoisotopic (exact) mass is 380 g/mol. The maximum absolute atomic E-state index is 12.5. The van der Waals surface area contributed by atoms with Crippen molar-refractivity contribution in [3.05, 3.63) is 30.0 Å². The molecule has 0 spiro atoms. The number of nitrogens with one attached hydrogen (secondary N) is 1. The van der Waals surface area contributed by atoms with E-state index in [1.165, 1.54) is 13.2 Å². The molecule has 3 rings (SSSR count). The Balaban J connectivity index is 1.83. The van der Waals surface area contributed by atoms with Gasteiger partial charge in [0.1, 0.15) is 11.5 Å². The van der Waals surface area contributed by atoms with Crippen LogP contribution in [0.3, 0.4) is 0 Å². The van der Waals surface area contributed by atoms with Gasteiger partial charge in [-0.2, -0.15) is 0 Å². The number of nitrogens with zero attached hydrogens (tertiary/aromatic N) is 1. The standard InChI is InChI=1S/C17H20N2O6S/c1-17(6-7-26(21,22)10-17)18-16(20)13-9-15(25-19-13)12-8-11(23-2)4-5-14(12)24-3/h4-5,8-9H,6-7,10H2,1-3H3,(H,18,20). The van der Waals surface area contributed by atoms with E-state index in [-0.39, 0.29) is 17.2 Å². The third kappa shape index (κ3) is 3.67. The van der Waals surface area contributed by atoms with E-state index in [0.29, 0.717) is 29.2 Å². The molecule has 1 aliphatic rings. The summed E-state index contributed by atoms with van der Waals surface area (Å²) in [6.07, 6.45) is 0.371. The van der Waals surface area contributed by atoms with Gasteiger partial charge in [-0.15, -0.1) is 0 Å². The van der Waals surface area contributed by atoms with Crippen molar-refractivity contribution >= 4 is 15.7 Å². The van der Waals surface area contributed by atoms with Crippen LogP contribution in [0, 0.1) is 0 Å². The van der Waals surface area contributed by atoms with Gasteiger partial charge in [0.25, 0.3) is 5.91 Å². The van der Waals surface area contributed by atoms with Crippen LogP contribution < -0.4 is 14.8 Å². The van der Waals surface area contributed by atoms with Crippen molar-refractivity contribution in [2.24, 2.45) is 0 Å². The van der Waals surface area contributed by atoms with Gasteiger partial charge in [-0.05, 0) is 31.5 Å². The van der Waals surface area contributed by atoms with Crippen molar-refractivity contribution in [1.82, 2.24) is 10.5 Å². The third-order valence-electron chi connectivity index (χ3n) is 4.33. The number of sulfone groups is 1. The van der Waals surface area contributed by atoms with Gasteiger partial charge in [-0.25, -0.2) is 8.42 Å². The molecule has 1 aliphatic heterocycles. The fraction of sp³-hybridized carbons (Fsp3) is 0.412. The number of ether oxygens (including phenoxy) is 2. The second-order valence-electron chi connectivity index (χ2n) is 6.50. The van der Waals surface area contributed by atoms with Crippen LogP contribution in [0.1, 0.15) is 23.8 Å².